The molecule has 0 aliphatic carbocycles. The lowest BCUT2D eigenvalue weighted by Gasteiger charge is -2.21. The Morgan fingerprint density at radius 2 is 2.50 bits per heavy atom. The van der Waals surface area contributed by atoms with E-state index in [1.807, 2.05) is 17.0 Å². The zero-order valence-corrected chi connectivity index (χ0v) is 12.0. The van der Waals surface area contributed by atoms with Crippen molar-refractivity contribution in [2.45, 2.75) is 44.8 Å². The number of pyridine rings is 1. The molecule has 110 valence electrons. The fraction of sp³-hybridized carbons (Fsp3) is 0.600. The molecule has 0 aromatic carbocycles. The summed E-state index contributed by atoms with van der Waals surface area (Å²) in [5.41, 5.74) is 5.94. The van der Waals surface area contributed by atoms with Gasteiger partial charge in [0.05, 0.1) is 18.8 Å². The first-order valence-electron chi connectivity index (χ1n) is 7.31. The predicted molar refractivity (Wildman–Crippen MR) is 77.4 cm³/mol. The van der Waals surface area contributed by atoms with Crippen molar-refractivity contribution in [3.05, 3.63) is 24.5 Å². The largest absolute Gasteiger partial charge is 0.487 e. The van der Waals surface area contributed by atoms with Gasteiger partial charge in [0, 0.05) is 19.2 Å². The summed E-state index contributed by atoms with van der Waals surface area (Å²) in [6, 6.07) is 3.35. The lowest BCUT2D eigenvalue weighted by Crippen LogP contribution is -2.43. The molecule has 2 heterocycles. The van der Waals surface area contributed by atoms with Crippen molar-refractivity contribution in [3.8, 4) is 5.75 Å². The Bertz CT molecular complexity index is 424. The van der Waals surface area contributed by atoms with Gasteiger partial charge in [0.1, 0.15) is 11.9 Å². The van der Waals surface area contributed by atoms with E-state index in [0.29, 0.717) is 6.54 Å². The van der Waals surface area contributed by atoms with E-state index in [1.54, 1.807) is 12.4 Å². The summed E-state index contributed by atoms with van der Waals surface area (Å²) in [5.74, 6) is 0.804. The van der Waals surface area contributed by atoms with Crippen LogP contribution in [0.5, 0.6) is 5.75 Å². The molecule has 0 bridgehead atoms. The highest BCUT2D eigenvalue weighted by atomic mass is 16.5. The first-order chi connectivity index (χ1) is 9.70. The van der Waals surface area contributed by atoms with Gasteiger partial charge in [-0.05, 0) is 18.6 Å². The van der Waals surface area contributed by atoms with E-state index in [4.69, 9.17) is 10.5 Å². The second-order valence-electron chi connectivity index (χ2n) is 5.25. The van der Waals surface area contributed by atoms with Crippen molar-refractivity contribution in [1.29, 1.82) is 0 Å². The van der Waals surface area contributed by atoms with E-state index >= 15 is 0 Å². The van der Waals surface area contributed by atoms with Gasteiger partial charge < -0.3 is 15.4 Å². The van der Waals surface area contributed by atoms with Crippen LogP contribution in [-0.2, 0) is 4.79 Å². The number of amides is 1. The molecule has 2 atom stereocenters. The Balaban J connectivity index is 1.81. The van der Waals surface area contributed by atoms with Crippen molar-refractivity contribution in [2.75, 3.05) is 13.1 Å². The number of likely N-dealkylation sites (tertiary alicyclic amines) is 1. The number of aromatic nitrogens is 1. The van der Waals surface area contributed by atoms with Crippen LogP contribution in [0.1, 0.15) is 32.6 Å². The number of carbonyl (C=O) groups excluding carboxylic acids is 1. The van der Waals surface area contributed by atoms with Crippen molar-refractivity contribution >= 4 is 5.91 Å². The molecule has 1 aromatic heterocycles. The summed E-state index contributed by atoms with van der Waals surface area (Å²) in [4.78, 5) is 18.0. The molecule has 2 N–H and O–H groups in total. The Labute approximate surface area is 120 Å². The Morgan fingerprint density at radius 1 is 1.65 bits per heavy atom. The number of carbonyl (C=O) groups is 1. The summed E-state index contributed by atoms with van der Waals surface area (Å²) in [5, 5.41) is 0. The third-order valence-electron chi connectivity index (χ3n) is 3.58. The monoisotopic (exact) mass is 277 g/mol. The molecule has 5 nitrogen and oxygen atoms in total. The van der Waals surface area contributed by atoms with Gasteiger partial charge in [-0.15, -0.1) is 0 Å². The van der Waals surface area contributed by atoms with Crippen molar-refractivity contribution in [2.24, 2.45) is 5.73 Å². The Hall–Kier alpha value is -1.62. The van der Waals surface area contributed by atoms with Crippen LogP contribution < -0.4 is 10.5 Å². The lowest BCUT2D eigenvalue weighted by atomic mass is 10.1. The topological polar surface area (TPSA) is 68.5 Å². The lowest BCUT2D eigenvalue weighted by molar-refractivity contribution is -0.132. The molecule has 0 saturated carbocycles. The van der Waals surface area contributed by atoms with Crippen molar-refractivity contribution in [1.82, 2.24) is 9.88 Å². The number of ether oxygens (including phenoxy) is 1. The number of hydrogen-bond donors (Lipinski definition) is 1. The minimum atomic E-state index is -0.368. The average Bonchev–Trinajstić information content (AvgIpc) is 2.93. The molecule has 1 aliphatic heterocycles. The number of unbranched alkanes of at least 4 members (excludes halogenated alkanes) is 1. The maximum atomic E-state index is 12.2. The molecule has 0 spiro atoms. The zero-order chi connectivity index (χ0) is 14.4. The standard InChI is InChI=1S/C15H23N3O2/c1-2-3-6-14(16)15(19)18-9-7-13(11-18)20-12-5-4-8-17-10-12/h4-5,8,10,13-14H,2-3,6-7,9,11,16H2,1H3. The molecule has 1 aromatic rings. The highest BCUT2D eigenvalue weighted by Gasteiger charge is 2.30. The van der Waals surface area contributed by atoms with Crippen LogP contribution in [0.3, 0.4) is 0 Å². The molecule has 1 amide bonds. The second kappa shape index (κ2) is 7.24. The molecule has 2 rings (SSSR count). The highest BCUT2D eigenvalue weighted by Crippen LogP contribution is 2.18. The summed E-state index contributed by atoms with van der Waals surface area (Å²) >= 11 is 0. The predicted octanol–water partition coefficient (Wildman–Crippen LogP) is 1.58. The van der Waals surface area contributed by atoms with Crippen LogP contribution in [-0.4, -0.2) is 41.0 Å². The summed E-state index contributed by atoms with van der Waals surface area (Å²) in [6.07, 6.45) is 7.12. The molecular weight excluding hydrogens is 254 g/mol. The molecule has 1 fully saturated rings. The van der Waals surface area contributed by atoms with Gasteiger partial charge in [0.15, 0.2) is 0 Å². The van der Waals surface area contributed by atoms with Gasteiger partial charge in [-0.1, -0.05) is 19.8 Å². The SMILES string of the molecule is CCCCC(N)C(=O)N1CCC(Oc2cccnc2)C1. The first-order valence-corrected chi connectivity index (χ1v) is 7.31. The summed E-state index contributed by atoms with van der Waals surface area (Å²) in [6.45, 7) is 3.45. The number of rotatable bonds is 6. The zero-order valence-electron chi connectivity index (χ0n) is 12.0. The van der Waals surface area contributed by atoms with E-state index in [2.05, 4.69) is 11.9 Å². The second-order valence-corrected chi connectivity index (χ2v) is 5.25. The smallest absolute Gasteiger partial charge is 0.239 e. The Kier molecular flexibility index (Phi) is 5.35. The molecule has 2 unspecified atom stereocenters. The number of nitrogens with zero attached hydrogens (tertiary/aromatic N) is 2. The van der Waals surface area contributed by atoms with Gasteiger partial charge in [0.2, 0.25) is 5.91 Å². The molecular formula is C15H23N3O2. The normalized spacial score (nSPS) is 19.9. The molecule has 20 heavy (non-hydrogen) atoms. The van der Waals surface area contributed by atoms with Gasteiger partial charge in [-0.3, -0.25) is 9.78 Å². The van der Waals surface area contributed by atoms with E-state index < -0.39 is 0 Å². The van der Waals surface area contributed by atoms with Crippen LogP contribution in [0.2, 0.25) is 0 Å². The number of hydrogen-bond acceptors (Lipinski definition) is 4. The highest BCUT2D eigenvalue weighted by molar-refractivity contribution is 5.81. The molecule has 1 saturated heterocycles. The molecule has 0 radical (unpaired) electrons. The van der Waals surface area contributed by atoms with Gasteiger partial charge in [-0.2, -0.15) is 0 Å². The van der Waals surface area contributed by atoms with Crippen LogP contribution in [0.4, 0.5) is 0 Å². The van der Waals surface area contributed by atoms with Crippen LogP contribution in [0.25, 0.3) is 0 Å². The van der Waals surface area contributed by atoms with Crippen LogP contribution in [0, 0.1) is 0 Å². The van der Waals surface area contributed by atoms with E-state index in [-0.39, 0.29) is 18.1 Å². The average molecular weight is 277 g/mol. The molecule has 1 aliphatic rings. The maximum Gasteiger partial charge on any atom is 0.239 e. The molecule has 5 heteroatoms. The minimum Gasteiger partial charge on any atom is -0.487 e. The van der Waals surface area contributed by atoms with Crippen LogP contribution in [0.15, 0.2) is 24.5 Å². The third-order valence-corrected chi connectivity index (χ3v) is 3.58. The Morgan fingerprint density at radius 3 is 3.20 bits per heavy atom. The first kappa shape index (κ1) is 14.8. The van der Waals surface area contributed by atoms with E-state index in [0.717, 1.165) is 38.0 Å². The fourth-order valence-corrected chi connectivity index (χ4v) is 2.42. The van der Waals surface area contributed by atoms with Crippen molar-refractivity contribution in [3.63, 3.8) is 0 Å². The minimum absolute atomic E-state index is 0.0431. The van der Waals surface area contributed by atoms with E-state index in [9.17, 15) is 4.79 Å². The maximum absolute atomic E-state index is 12.2. The number of nitrogens with two attached hydrogens (primary N) is 1. The van der Waals surface area contributed by atoms with Gasteiger partial charge in [0.25, 0.3) is 0 Å². The fourth-order valence-electron chi connectivity index (χ4n) is 2.42. The van der Waals surface area contributed by atoms with Gasteiger partial charge >= 0.3 is 0 Å². The van der Waals surface area contributed by atoms with Crippen molar-refractivity contribution < 1.29 is 9.53 Å². The summed E-state index contributed by atoms with van der Waals surface area (Å²) in [7, 11) is 0. The third kappa shape index (κ3) is 3.93. The quantitative estimate of drug-likeness (QED) is 0.857. The van der Waals surface area contributed by atoms with E-state index in [1.165, 1.54) is 0 Å². The summed E-state index contributed by atoms with van der Waals surface area (Å²) < 4.78 is 5.82. The van der Waals surface area contributed by atoms with Crippen LogP contribution >= 0.6 is 0 Å². The van der Waals surface area contributed by atoms with Gasteiger partial charge in [-0.25, -0.2) is 0 Å².